The van der Waals surface area contributed by atoms with E-state index in [1.807, 2.05) is 0 Å². The number of carbonyl (C=O) groups is 1. The number of furan rings is 1. The van der Waals surface area contributed by atoms with Crippen LogP contribution >= 0.6 is 0 Å². The van der Waals surface area contributed by atoms with Crippen molar-refractivity contribution >= 4 is 17.7 Å². The van der Waals surface area contributed by atoms with Crippen molar-refractivity contribution in [3.05, 3.63) is 59.1 Å². The Morgan fingerprint density at radius 2 is 1.96 bits per heavy atom. The number of carbonyl (C=O) groups excluding carboxylic acids is 1. The summed E-state index contributed by atoms with van der Waals surface area (Å²) >= 11 is 0. The lowest BCUT2D eigenvalue weighted by molar-refractivity contribution is -0.137. The molecule has 7 heteroatoms. The van der Waals surface area contributed by atoms with Crippen molar-refractivity contribution in [2.45, 2.75) is 13.1 Å². The molecule has 0 aliphatic heterocycles. The van der Waals surface area contributed by atoms with E-state index in [1.165, 1.54) is 18.2 Å². The van der Waals surface area contributed by atoms with E-state index in [0.717, 1.165) is 12.1 Å². The highest BCUT2D eigenvalue weighted by atomic mass is 19.4. The molecule has 0 saturated heterocycles. The van der Waals surface area contributed by atoms with Crippen molar-refractivity contribution in [2.24, 2.45) is 0 Å². The van der Waals surface area contributed by atoms with Crippen molar-refractivity contribution < 1.29 is 22.4 Å². The second-order valence-electron chi connectivity index (χ2n) is 4.62. The van der Waals surface area contributed by atoms with Gasteiger partial charge in [-0.15, -0.1) is 0 Å². The van der Waals surface area contributed by atoms with Crippen LogP contribution in [0.2, 0.25) is 0 Å². The van der Waals surface area contributed by atoms with Gasteiger partial charge < -0.3 is 9.73 Å². The van der Waals surface area contributed by atoms with Crippen molar-refractivity contribution in [2.75, 3.05) is 5.32 Å². The quantitative estimate of drug-likeness (QED) is 0.682. The number of benzene rings is 1. The number of nitrogens with zero attached hydrogens (tertiary/aromatic N) is 1. The molecule has 0 fully saturated rings. The fourth-order valence-electron chi connectivity index (χ4n) is 1.85. The molecule has 1 aromatic heterocycles. The van der Waals surface area contributed by atoms with E-state index >= 15 is 0 Å². The molecule has 0 bridgehead atoms. The van der Waals surface area contributed by atoms with Crippen molar-refractivity contribution in [1.82, 2.24) is 0 Å². The highest BCUT2D eigenvalue weighted by molar-refractivity contribution is 6.09. The van der Waals surface area contributed by atoms with Crippen LogP contribution < -0.4 is 5.32 Å². The molecular formula is C16H11F3N2O2. The monoisotopic (exact) mass is 320 g/mol. The van der Waals surface area contributed by atoms with Gasteiger partial charge in [0.25, 0.3) is 5.91 Å². The van der Waals surface area contributed by atoms with Gasteiger partial charge in [-0.1, -0.05) is 12.1 Å². The number of para-hydroxylation sites is 1. The standard InChI is InChI=1S/C16H11F3N2O2/c1-10-6-7-12(23-10)8-11(9-20)15(22)21-14-5-3-2-4-13(14)16(17,18)19/h2-8H,1H3,(H,21,22)/b11-8+. The first-order valence-electron chi connectivity index (χ1n) is 6.47. The summed E-state index contributed by atoms with van der Waals surface area (Å²) in [6, 6.07) is 9.37. The maximum Gasteiger partial charge on any atom is 0.418 e. The molecule has 2 aromatic rings. The second kappa shape index (κ2) is 6.40. The smallest absolute Gasteiger partial charge is 0.418 e. The zero-order chi connectivity index (χ0) is 17.0. The first-order chi connectivity index (χ1) is 10.8. The fourth-order valence-corrected chi connectivity index (χ4v) is 1.85. The Morgan fingerprint density at radius 1 is 1.26 bits per heavy atom. The molecule has 1 aromatic carbocycles. The predicted molar refractivity (Wildman–Crippen MR) is 77.1 cm³/mol. The third kappa shape index (κ3) is 4.01. The number of rotatable bonds is 3. The number of anilines is 1. The van der Waals surface area contributed by atoms with Crippen LogP contribution in [-0.2, 0) is 11.0 Å². The van der Waals surface area contributed by atoms with E-state index in [2.05, 4.69) is 5.32 Å². The van der Waals surface area contributed by atoms with E-state index in [-0.39, 0.29) is 11.3 Å². The molecule has 0 aliphatic carbocycles. The maximum absolute atomic E-state index is 12.9. The molecule has 0 atom stereocenters. The summed E-state index contributed by atoms with van der Waals surface area (Å²) < 4.78 is 43.9. The Kier molecular flexibility index (Phi) is 4.55. The normalized spacial score (nSPS) is 11.9. The third-order valence-corrected chi connectivity index (χ3v) is 2.89. The Bertz CT molecular complexity index is 798. The van der Waals surface area contributed by atoms with Gasteiger partial charge >= 0.3 is 6.18 Å². The van der Waals surface area contributed by atoms with Crippen LogP contribution in [0.3, 0.4) is 0 Å². The van der Waals surface area contributed by atoms with Gasteiger partial charge in [0.2, 0.25) is 0 Å². The van der Waals surface area contributed by atoms with Gasteiger partial charge in [-0.2, -0.15) is 18.4 Å². The molecule has 0 saturated carbocycles. The summed E-state index contributed by atoms with van der Waals surface area (Å²) in [4.78, 5) is 12.0. The van der Waals surface area contributed by atoms with Crippen LogP contribution in [0.5, 0.6) is 0 Å². The van der Waals surface area contributed by atoms with E-state index in [0.29, 0.717) is 5.76 Å². The molecule has 1 amide bonds. The molecule has 0 aliphatic rings. The SMILES string of the molecule is Cc1ccc(/C=C(\C#N)C(=O)Nc2ccccc2C(F)(F)F)o1. The lowest BCUT2D eigenvalue weighted by atomic mass is 10.1. The molecule has 1 N–H and O–H groups in total. The number of halogens is 3. The van der Waals surface area contributed by atoms with E-state index < -0.39 is 23.3 Å². The summed E-state index contributed by atoms with van der Waals surface area (Å²) in [5.41, 5.74) is -1.77. The molecule has 0 unspecified atom stereocenters. The van der Waals surface area contributed by atoms with Gasteiger partial charge in [-0.05, 0) is 31.2 Å². The molecule has 1 heterocycles. The Balaban J connectivity index is 2.28. The first kappa shape index (κ1) is 16.4. The van der Waals surface area contributed by atoms with E-state index in [1.54, 1.807) is 25.1 Å². The zero-order valence-corrected chi connectivity index (χ0v) is 11.9. The van der Waals surface area contributed by atoms with Crippen LogP contribution in [0.1, 0.15) is 17.1 Å². The third-order valence-electron chi connectivity index (χ3n) is 2.89. The van der Waals surface area contributed by atoms with Crippen LogP contribution in [0.15, 0.2) is 46.4 Å². The molecule has 0 radical (unpaired) electrons. The fraction of sp³-hybridized carbons (Fsp3) is 0.125. The highest BCUT2D eigenvalue weighted by Gasteiger charge is 2.33. The molecule has 118 valence electrons. The van der Waals surface area contributed by atoms with Gasteiger partial charge in [0.05, 0.1) is 11.3 Å². The lowest BCUT2D eigenvalue weighted by Crippen LogP contribution is -2.17. The number of nitrogens with one attached hydrogen (secondary N) is 1. The Labute approximate surface area is 129 Å². The Hall–Kier alpha value is -3.01. The summed E-state index contributed by atoms with van der Waals surface area (Å²) in [5.74, 6) is -0.104. The summed E-state index contributed by atoms with van der Waals surface area (Å²) in [6.45, 7) is 1.68. The maximum atomic E-state index is 12.9. The summed E-state index contributed by atoms with van der Waals surface area (Å²) in [5, 5.41) is 11.1. The minimum absolute atomic E-state index is 0.262. The molecular weight excluding hydrogens is 309 g/mol. The zero-order valence-electron chi connectivity index (χ0n) is 11.9. The van der Waals surface area contributed by atoms with Crippen LogP contribution in [0, 0.1) is 18.3 Å². The predicted octanol–water partition coefficient (Wildman–Crippen LogP) is 4.15. The summed E-state index contributed by atoms with van der Waals surface area (Å²) in [7, 11) is 0. The average molecular weight is 320 g/mol. The second-order valence-corrected chi connectivity index (χ2v) is 4.62. The number of nitriles is 1. The largest absolute Gasteiger partial charge is 0.462 e. The van der Waals surface area contributed by atoms with Crippen LogP contribution in [0.4, 0.5) is 18.9 Å². The van der Waals surface area contributed by atoms with Crippen molar-refractivity contribution in [1.29, 1.82) is 5.26 Å². The van der Waals surface area contributed by atoms with Gasteiger partial charge in [0, 0.05) is 6.08 Å². The van der Waals surface area contributed by atoms with Crippen molar-refractivity contribution in [3.63, 3.8) is 0 Å². The number of hydrogen-bond donors (Lipinski definition) is 1. The van der Waals surface area contributed by atoms with Gasteiger partial charge in [-0.3, -0.25) is 4.79 Å². The number of amides is 1. The minimum Gasteiger partial charge on any atom is -0.462 e. The van der Waals surface area contributed by atoms with E-state index in [9.17, 15) is 18.0 Å². The average Bonchev–Trinajstić information content (AvgIpc) is 2.89. The van der Waals surface area contributed by atoms with Crippen LogP contribution in [0.25, 0.3) is 6.08 Å². The Morgan fingerprint density at radius 3 is 2.52 bits per heavy atom. The number of aryl methyl sites for hydroxylation is 1. The van der Waals surface area contributed by atoms with Gasteiger partial charge in [0.15, 0.2) is 0 Å². The van der Waals surface area contributed by atoms with E-state index in [4.69, 9.17) is 9.68 Å². The molecule has 23 heavy (non-hydrogen) atoms. The summed E-state index contributed by atoms with van der Waals surface area (Å²) in [6.07, 6.45) is -3.45. The lowest BCUT2D eigenvalue weighted by Gasteiger charge is -2.13. The topological polar surface area (TPSA) is 66.0 Å². The first-order valence-corrected chi connectivity index (χ1v) is 6.47. The van der Waals surface area contributed by atoms with Gasteiger partial charge in [-0.25, -0.2) is 0 Å². The highest BCUT2D eigenvalue weighted by Crippen LogP contribution is 2.34. The minimum atomic E-state index is -4.61. The number of hydrogen-bond acceptors (Lipinski definition) is 3. The van der Waals surface area contributed by atoms with Crippen molar-refractivity contribution in [3.8, 4) is 6.07 Å². The molecule has 4 nitrogen and oxygen atoms in total. The van der Waals surface area contributed by atoms with Gasteiger partial charge in [0.1, 0.15) is 23.2 Å². The van der Waals surface area contributed by atoms with Crippen LogP contribution in [-0.4, -0.2) is 5.91 Å². The molecule has 0 spiro atoms. The number of alkyl halides is 3. The molecule has 2 rings (SSSR count).